The number of hydrogen-bond donors (Lipinski definition) is 2. The van der Waals surface area contributed by atoms with Crippen LogP contribution in [-0.2, 0) is 0 Å². The monoisotopic (exact) mass is 252 g/mol. The van der Waals surface area contributed by atoms with Crippen LogP contribution in [0.15, 0.2) is 18.5 Å². The van der Waals surface area contributed by atoms with E-state index >= 15 is 0 Å². The summed E-state index contributed by atoms with van der Waals surface area (Å²) in [4.78, 5) is 7.86. The molecule has 8 nitrogen and oxygen atoms in total. The highest BCUT2D eigenvalue weighted by Gasteiger charge is 2.06. The minimum atomic E-state index is 0.207. The summed E-state index contributed by atoms with van der Waals surface area (Å²) in [6.07, 6.45) is 2.76. The smallest absolute Gasteiger partial charge is 0.186 e. The van der Waals surface area contributed by atoms with Crippen molar-refractivity contribution >= 4 is 17.3 Å². The van der Waals surface area contributed by atoms with E-state index in [1.165, 1.54) is 12.4 Å². The van der Waals surface area contributed by atoms with E-state index in [0.29, 0.717) is 17.3 Å². The molecule has 0 aliphatic rings. The fraction of sp³-hybridized carbons (Fsp3) is 0.0909. The van der Waals surface area contributed by atoms with Crippen molar-refractivity contribution in [3.8, 4) is 12.1 Å². The molecule has 0 bridgehead atoms. The summed E-state index contributed by atoms with van der Waals surface area (Å²) >= 11 is 0. The fourth-order valence-electron chi connectivity index (χ4n) is 1.31. The molecule has 2 N–H and O–H groups in total. The standard InChI is InChI=1S/C11H8N8/c1-14-8-2-10(19-18-9(8)4-13)17-11-6-15-7(3-12)5-16-11/h2,5-6H,1H3,(H2,14,16,17,19). The molecule has 0 amide bonds. The summed E-state index contributed by atoms with van der Waals surface area (Å²) < 4.78 is 0. The SMILES string of the molecule is CNc1cc(Nc2cnc(C#N)cn2)nnc1C#N. The average Bonchev–Trinajstić information content (AvgIpc) is 2.48. The first-order valence-electron chi connectivity index (χ1n) is 5.21. The van der Waals surface area contributed by atoms with E-state index in [1.807, 2.05) is 12.1 Å². The Labute approximate surface area is 108 Å². The second-order valence-corrected chi connectivity index (χ2v) is 3.38. The Bertz CT molecular complexity index is 665. The van der Waals surface area contributed by atoms with Gasteiger partial charge in [-0.2, -0.15) is 10.5 Å². The maximum absolute atomic E-state index is 8.82. The molecule has 0 fully saturated rings. The molecule has 92 valence electrons. The van der Waals surface area contributed by atoms with Crippen LogP contribution in [0.3, 0.4) is 0 Å². The molecule has 19 heavy (non-hydrogen) atoms. The molecule has 0 radical (unpaired) electrons. The molecule has 0 unspecified atom stereocenters. The summed E-state index contributed by atoms with van der Waals surface area (Å²) in [5.74, 6) is 0.849. The Morgan fingerprint density at radius 2 is 1.89 bits per heavy atom. The Morgan fingerprint density at radius 1 is 1.05 bits per heavy atom. The molecular formula is C11H8N8. The van der Waals surface area contributed by atoms with Gasteiger partial charge in [-0.25, -0.2) is 9.97 Å². The number of aromatic nitrogens is 4. The van der Waals surface area contributed by atoms with E-state index in [4.69, 9.17) is 10.5 Å². The third-order valence-corrected chi connectivity index (χ3v) is 2.19. The second-order valence-electron chi connectivity index (χ2n) is 3.38. The van der Waals surface area contributed by atoms with Crippen molar-refractivity contribution in [2.24, 2.45) is 0 Å². The van der Waals surface area contributed by atoms with Crippen molar-refractivity contribution < 1.29 is 0 Å². The van der Waals surface area contributed by atoms with Crippen LogP contribution in [0.25, 0.3) is 0 Å². The highest BCUT2D eigenvalue weighted by atomic mass is 15.2. The van der Waals surface area contributed by atoms with Crippen molar-refractivity contribution in [1.82, 2.24) is 20.2 Å². The number of anilines is 3. The van der Waals surface area contributed by atoms with Gasteiger partial charge in [-0.1, -0.05) is 0 Å². The summed E-state index contributed by atoms with van der Waals surface area (Å²) in [6, 6.07) is 5.43. The number of nitrogens with zero attached hydrogens (tertiary/aromatic N) is 6. The van der Waals surface area contributed by atoms with Crippen molar-refractivity contribution in [2.75, 3.05) is 17.7 Å². The van der Waals surface area contributed by atoms with Crippen LogP contribution < -0.4 is 10.6 Å². The maximum atomic E-state index is 8.82. The molecular weight excluding hydrogens is 244 g/mol. The lowest BCUT2D eigenvalue weighted by atomic mass is 10.3. The summed E-state index contributed by atoms with van der Waals surface area (Å²) in [5, 5.41) is 30.8. The van der Waals surface area contributed by atoms with Gasteiger partial charge in [-0.15, -0.1) is 10.2 Å². The first kappa shape index (κ1) is 12.2. The topological polar surface area (TPSA) is 123 Å². The van der Waals surface area contributed by atoms with E-state index in [1.54, 1.807) is 13.1 Å². The van der Waals surface area contributed by atoms with Crippen LogP contribution in [0, 0.1) is 22.7 Å². The van der Waals surface area contributed by atoms with Gasteiger partial charge in [0.15, 0.2) is 17.2 Å². The summed E-state index contributed by atoms with van der Waals surface area (Å²) in [5.41, 5.74) is 0.993. The quantitative estimate of drug-likeness (QED) is 0.821. The van der Waals surface area contributed by atoms with Gasteiger partial charge in [0.05, 0.1) is 18.1 Å². The van der Waals surface area contributed by atoms with Crippen molar-refractivity contribution in [3.63, 3.8) is 0 Å². The van der Waals surface area contributed by atoms with Gasteiger partial charge in [-0.3, -0.25) is 0 Å². The third-order valence-electron chi connectivity index (χ3n) is 2.19. The highest BCUT2D eigenvalue weighted by molar-refractivity contribution is 5.61. The first-order valence-corrected chi connectivity index (χ1v) is 5.21. The molecule has 2 heterocycles. The average molecular weight is 252 g/mol. The van der Waals surface area contributed by atoms with Crippen LogP contribution in [0.4, 0.5) is 17.3 Å². The maximum Gasteiger partial charge on any atom is 0.186 e. The Morgan fingerprint density at radius 3 is 2.47 bits per heavy atom. The van der Waals surface area contributed by atoms with Crippen LogP contribution in [-0.4, -0.2) is 27.2 Å². The van der Waals surface area contributed by atoms with Gasteiger partial charge >= 0.3 is 0 Å². The zero-order valence-corrected chi connectivity index (χ0v) is 9.92. The zero-order chi connectivity index (χ0) is 13.7. The first-order chi connectivity index (χ1) is 9.26. The summed E-state index contributed by atoms with van der Waals surface area (Å²) in [7, 11) is 1.68. The third kappa shape index (κ3) is 2.70. The molecule has 0 saturated carbocycles. The molecule has 0 atom stereocenters. The number of nitrogens with one attached hydrogen (secondary N) is 2. The van der Waals surface area contributed by atoms with Crippen LogP contribution in [0.2, 0.25) is 0 Å². The minimum Gasteiger partial charge on any atom is -0.386 e. The van der Waals surface area contributed by atoms with E-state index in [9.17, 15) is 0 Å². The van der Waals surface area contributed by atoms with Crippen LogP contribution in [0.5, 0.6) is 0 Å². The van der Waals surface area contributed by atoms with E-state index in [-0.39, 0.29) is 11.4 Å². The number of rotatable bonds is 3. The predicted molar refractivity (Wildman–Crippen MR) is 66.3 cm³/mol. The van der Waals surface area contributed by atoms with Gasteiger partial charge in [0.1, 0.15) is 18.0 Å². The second kappa shape index (κ2) is 5.38. The Hall–Kier alpha value is -3.26. The summed E-state index contributed by atoms with van der Waals surface area (Å²) in [6.45, 7) is 0. The van der Waals surface area contributed by atoms with E-state index in [2.05, 4.69) is 30.8 Å². The van der Waals surface area contributed by atoms with Crippen molar-refractivity contribution in [1.29, 1.82) is 10.5 Å². The molecule has 0 aliphatic carbocycles. The number of nitriles is 2. The fourth-order valence-corrected chi connectivity index (χ4v) is 1.31. The highest BCUT2D eigenvalue weighted by Crippen LogP contribution is 2.17. The molecule has 8 heteroatoms. The minimum absolute atomic E-state index is 0.207. The zero-order valence-electron chi connectivity index (χ0n) is 9.92. The lowest BCUT2D eigenvalue weighted by Crippen LogP contribution is -2.03. The van der Waals surface area contributed by atoms with E-state index < -0.39 is 0 Å². The Balaban J connectivity index is 2.24. The number of hydrogen-bond acceptors (Lipinski definition) is 8. The molecule has 0 aliphatic heterocycles. The van der Waals surface area contributed by atoms with Crippen molar-refractivity contribution in [3.05, 3.63) is 29.8 Å². The largest absolute Gasteiger partial charge is 0.386 e. The van der Waals surface area contributed by atoms with Crippen LogP contribution in [0.1, 0.15) is 11.4 Å². The van der Waals surface area contributed by atoms with E-state index in [0.717, 1.165) is 0 Å². The lowest BCUT2D eigenvalue weighted by molar-refractivity contribution is 1.01. The van der Waals surface area contributed by atoms with Gasteiger partial charge in [0.25, 0.3) is 0 Å². The molecule has 2 rings (SSSR count). The molecule has 0 aromatic carbocycles. The van der Waals surface area contributed by atoms with Crippen molar-refractivity contribution in [2.45, 2.75) is 0 Å². The van der Waals surface area contributed by atoms with Gasteiger partial charge in [0, 0.05) is 13.1 Å². The van der Waals surface area contributed by atoms with Gasteiger partial charge < -0.3 is 10.6 Å². The normalized spacial score (nSPS) is 9.21. The Kier molecular flexibility index (Phi) is 3.46. The molecule has 0 saturated heterocycles. The molecule has 0 spiro atoms. The molecule has 2 aromatic rings. The van der Waals surface area contributed by atoms with Gasteiger partial charge in [0.2, 0.25) is 0 Å². The predicted octanol–water partition coefficient (Wildman–Crippen LogP) is 0.795. The van der Waals surface area contributed by atoms with Gasteiger partial charge in [-0.05, 0) is 0 Å². The van der Waals surface area contributed by atoms with Crippen LogP contribution >= 0.6 is 0 Å². The molecule has 2 aromatic heterocycles. The lowest BCUT2D eigenvalue weighted by Gasteiger charge is -2.06.